The molecule has 1 aliphatic rings. The van der Waals surface area contributed by atoms with Crippen molar-refractivity contribution >= 4 is 5.78 Å². The van der Waals surface area contributed by atoms with Crippen LogP contribution < -0.4 is 0 Å². The summed E-state index contributed by atoms with van der Waals surface area (Å²) in [6.45, 7) is 5.57. The molecule has 2 nitrogen and oxygen atoms in total. The fraction of sp³-hybridized carbons (Fsp3) is 0.625. The van der Waals surface area contributed by atoms with E-state index in [0.717, 1.165) is 12.2 Å². The van der Waals surface area contributed by atoms with Crippen LogP contribution in [0.2, 0.25) is 0 Å². The van der Waals surface area contributed by atoms with Crippen molar-refractivity contribution in [3.63, 3.8) is 0 Å². The minimum absolute atomic E-state index is 0.0903. The molecule has 2 heteroatoms. The van der Waals surface area contributed by atoms with Crippen LogP contribution in [-0.2, 0) is 9.53 Å². The summed E-state index contributed by atoms with van der Waals surface area (Å²) in [5, 5.41) is 0. The van der Waals surface area contributed by atoms with Crippen LogP contribution in [0.4, 0.5) is 0 Å². The summed E-state index contributed by atoms with van der Waals surface area (Å²) >= 11 is 0. The van der Waals surface area contributed by atoms with Crippen LogP contribution in [0, 0.1) is 0 Å². The maximum Gasteiger partial charge on any atom is 0.202 e. The van der Waals surface area contributed by atoms with Gasteiger partial charge >= 0.3 is 0 Å². The molecule has 0 aromatic carbocycles. The van der Waals surface area contributed by atoms with Crippen molar-refractivity contribution in [1.29, 1.82) is 0 Å². The quantitative estimate of drug-likeness (QED) is 0.553. The van der Waals surface area contributed by atoms with Gasteiger partial charge in [0, 0.05) is 6.08 Å². The van der Waals surface area contributed by atoms with Crippen molar-refractivity contribution in [3.05, 3.63) is 11.8 Å². The first-order chi connectivity index (χ1) is 4.58. The summed E-state index contributed by atoms with van der Waals surface area (Å²) in [5.74, 6) is 0.821. The lowest BCUT2D eigenvalue weighted by molar-refractivity contribution is -0.128. The highest BCUT2D eigenvalue weighted by Crippen LogP contribution is 2.26. The third-order valence-electron chi connectivity index (χ3n) is 1.92. The highest BCUT2D eigenvalue weighted by atomic mass is 16.5. The molecule has 0 radical (unpaired) electrons. The zero-order valence-corrected chi connectivity index (χ0v) is 6.60. The zero-order valence-electron chi connectivity index (χ0n) is 6.60. The molecular weight excluding hydrogens is 128 g/mol. The van der Waals surface area contributed by atoms with Crippen molar-refractivity contribution in [2.45, 2.75) is 32.8 Å². The van der Waals surface area contributed by atoms with E-state index in [1.54, 1.807) is 13.0 Å². The molecule has 0 amide bonds. The molecule has 56 valence electrons. The Bertz CT molecular complexity index is 193. The van der Waals surface area contributed by atoms with E-state index >= 15 is 0 Å². The Balaban J connectivity index is 2.81. The average Bonchev–Trinajstić information content (AvgIpc) is 2.09. The van der Waals surface area contributed by atoms with Crippen LogP contribution in [0.5, 0.6) is 0 Å². The summed E-state index contributed by atoms with van der Waals surface area (Å²) < 4.78 is 5.32. The van der Waals surface area contributed by atoms with E-state index in [9.17, 15) is 4.79 Å². The number of allylic oxidation sites excluding steroid dienone is 1. The summed E-state index contributed by atoms with van der Waals surface area (Å²) in [6.07, 6.45) is 2.29. The standard InChI is InChI=1S/C8H12O2/c1-4-8(3)7(9)5-6(2)10-8/h5H,4H2,1-3H3. The second kappa shape index (κ2) is 2.11. The first-order valence-corrected chi connectivity index (χ1v) is 3.50. The second-order valence-corrected chi connectivity index (χ2v) is 2.81. The van der Waals surface area contributed by atoms with Gasteiger partial charge in [-0.05, 0) is 20.3 Å². The SMILES string of the molecule is CCC1(C)OC(C)=CC1=O. The predicted molar refractivity (Wildman–Crippen MR) is 38.5 cm³/mol. The van der Waals surface area contributed by atoms with Gasteiger partial charge in [-0.2, -0.15) is 0 Å². The van der Waals surface area contributed by atoms with Gasteiger partial charge in [-0.25, -0.2) is 0 Å². The van der Waals surface area contributed by atoms with Crippen LogP contribution >= 0.6 is 0 Å². The average molecular weight is 140 g/mol. The van der Waals surface area contributed by atoms with Gasteiger partial charge in [0.1, 0.15) is 0 Å². The maximum atomic E-state index is 11.1. The molecule has 0 aromatic rings. The molecule has 1 unspecified atom stereocenters. The fourth-order valence-electron chi connectivity index (χ4n) is 1.02. The molecule has 0 aliphatic carbocycles. The lowest BCUT2D eigenvalue weighted by Gasteiger charge is -2.20. The number of hydrogen-bond acceptors (Lipinski definition) is 2. The molecule has 0 fully saturated rings. The highest BCUT2D eigenvalue weighted by molar-refractivity contribution is 5.98. The summed E-state index contributed by atoms with van der Waals surface area (Å²) in [5.41, 5.74) is -0.565. The normalized spacial score (nSPS) is 31.9. The summed E-state index contributed by atoms with van der Waals surface area (Å²) in [7, 11) is 0. The summed E-state index contributed by atoms with van der Waals surface area (Å²) in [6, 6.07) is 0. The van der Waals surface area contributed by atoms with Crippen molar-refractivity contribution < 1.29 is 9.53 Å². The molecule has 1 rings (SSSR count). The van der Waals surface area contributed by atoms with Gasteiger partial charge in [-0.1, -0.05) is 6.92 Å². The van der Waals surface area contributed by atoms with Crippen LogP contribution in [0.25, 0.3) is 0 Å². The van der Waals surface area contributed by atoms with E-state index in [-0.39, 0.29) is 5.78 Å². The summed E-state index contributed by atoms with van der Waals surface area (Å²) in [4.78, 5) is 11.1. The number of rotatable bonds is 1. The minimum atomic E-state index is -0.565. The molecule has 1 heterocycles. The van der Waals surface area contributed by atoms with E-state index in [1.807, 2.05) is 13.8 Å². The molecule has 10 heavy (non-hydrogen) atoms. The largest absolute Gasteiger partial charge is 0.484 e. The third-order valence-corrected chi connectivity index (χ3v) is 1.92. The fourth-order valence-corrected chi connectivity index (χ4v) is 1.02. The Labute approximate surface area is 60.9 Å². The molecule has 0 saturated heterocycles. The monoisotopic (exact) mass is 140 g/mol. The molecular formula is C8H12O2. The van der Waals surface area contributed by atoms with Crippen LogP contribution in [0.3, 0.4) is 0 Å². The number of ketones is 1. The number of carbonyl (C=O) groups excluding carboxylic acids is 1. The second-order valence-electron chi connectivity index (χ2n) is 2.81. The van der Waals surface area contributed by atoms with E-state index in [1.165, 1.54) is 0 Å². The van der Waals surface area contributed by atoms with Crippen LogP contribution in [0.15, 0.2) is 11.8 Å². The Hall–Kier alpha value is -0.790. The molecule has 0 aromatic heterocycles. The highest BCUT2D eigenvalue weighted by Gasteiger charge is 2.36. The van der Waals surface area contributed by atoms with Gasteiger partial charge in [0.2, 0.25) is 5.78 Å². The lowest BCUT2D eigenvalue weighted by atomic mass is 9.99. The third kappa shape index (κ3) is 0.939. The molecule has 1 atom stereocenters. The molecule has 0 N–H and O–H groups in total. The van der Waals surface area contributed by atoms with Crippen molar-refractivity contribution in [1.82, 2.24) is 0 Å². The van der Waals surface area contributed by atoms with E-state index in [2.05, 4.69) is 0 Å². The van der Waals surface area contributed by atoms with Crippen LogP contribution in [0.1, 0.15) is 27.2 Å². The molecule has 0 spiro atoms. The van der Waals surface area contributed by atoms with Gasteiger partial charge in [-0.3, -0.25) is 4.79 Å². The predicted octanol–water partition coefficient (Wildman–Crippen LogP) is 1.66. The van der Waals surface area contributed by atoms with E-state index in [0.29, 0.717) is 0 Å². The van der Waals surface area contributed by atoms with Gasteiger partial charge in [-0.15, -0.1) is 0 Å². The van der Waals surface area contributed by atoms with Gasteiger partial charge in [0.25, 0.3) is 0 Å². The number of carbonyl (C=O) groups is 1. The first kappa shape index (κ1) is 7.32. The first-order valence-electron chi connectivity index (χ1n) is 3.50. The minimum Gasteiger partial charge on any atom is -0.484 e. The molecule has 0 bridgehead atoms. The Morgan fingerprint density at radius 1 is 1.70 bits per heavy atom. The maximum absolute atomic E-state index is 11.1. The van der Waals surface area contributed by atoms with Crippen molar-refractivity contribution in [2.24, 2.45) is 0 Å². The Kier molecular flexibility index (Phi) is 1.55. The van der Waals surface area contributed by atoms with Crippen LogP contribution in [-0.4, -0.2) is 11.4 Å². The Morgan fingerprint density at radius 3 is 2.50 bits per heavy atom. The zero-order chi connectivity index (χ0) is 7.78. The lowest BCUT2D eigenvalue weighted by Crippen LogP contribution is -2.31. The topological polar surface area (TPSA) is 26.3 Å². The van der Waals surface area contributed by atoms with E-state index < -0.39 is 5.60 Å². The van der Waals surface area contributed by atoms with Gasteiger partial charge in [0.05, 0.1) is 5.76 Å². The molecule has 1 aliphatic heterocycles. The van der Waals surface area contributed by atoms with Crippen molar-refractivity contribution in [2.75, 3.05) is 0 Å². The smallest absolute Gasteiger partial charge is 0.202 e. The molecule has 0 saturated carbocycles. The Morgan fingerprint density at radius 2 is 2.30 bits per heavy atom. The number of ether oxygens (including phenoxy) is 1. The van der Waals surface area contributed by atoms with Crippen molar-refractivity contribution in [3.8, 4) is 0 Å². The number of hydrogen-bond donors (Lipinski definition) is 0. The van der Waals surface area contributed by atoms with E-state index in [4.69, 9.17) is 4.74 Å². The van der Waals surface area contributed by atoms with Gasteiger partial charge in [0.15, 0.2) is 5.60 Å². The van der Waals surface area contributed by atoms with Gasteiger partial charge < -0.3 is 4.74 Å².